The summed E-state index contributed by atoms with van der Waals surface area (Å²) in [4.78, 5) is 4.00. The maximum absolute atomic E-state index is 4.00. The lowest BCUT2D eigenvalue weighted by Gasteiger charge is -2.18. The van der Waals surface area contributed by atoms with Gasteiger partial charge in [-0.2, -0.15) is 4.37 Å². The molecule has 0 saturated carbocycles. The summed E-state index contributed by atoms with van der Waals surface area (Å²) < 4.78 is 3.87. The van der Waals surface area contributed by atoms with Crippen molar-refractivity contribution in [3.63, 3.8) is 0 Å². The first kappa shape index (κ1) is 7.47. The lowest BCUT2D eigenvalue weighted by Crippen LogP contribution is -2.25. The minimum Gasteiger partial charge on any atom is -0.356 e. The molecule has 0 fully saturated rings. The van der Waals surface area contributed by atoms with Gasteiger partial charge >= 0.3 is 0 Å². The van der Waals surface area contributed by atoms with E-state index in [-0.39, 0.29) is 5.54 Å². The molecule has 0 spiro atoms. The third-order valence-electron chi connectivity index (χ3n) is 0.843. The van der Waals surface area contributed by atoms with Crippen LogP contribution in [0.2, 0.25) is 0 Å². The zero-order chi connectivity index (χ0) is 7.61. The summed E-state index contributed by atoms with van der Waals surface area (Å²) in [5.74, 6) is 0. The van der Waals surface area contributed by atoms with E-state index in [1.54, 1.807) is 6.33 Å². The predicted molar refractivity (Wildman–Crippen MR) is 43.3 cm³/mol. The summed E-state index contributed by atoms with van der Waals surface area (Å²) >= 11 is 1.38. The number of anilines is 1. The molecule has 10 heavy (non-hydrogen) atoms. The molecular weight excluding hydrogens is 146 g/mol. The molecule has 1 rings (SSSR count). The summed E-state index contributed by atoms with van der Waals surface area (Å²) in [5.41, 5.74) is 0.0829. The maximum Gasteiger partial charge on any atom is 0.202 e. The van der Waals surface area contributed by atoms with Crippen molar-refractivity contribution in [1.82, 2.24) is 9.36 Å². The zero-order valence-corrected chi connectivity index (χ0v) is 7.20. The molecule has 3 nitrogen and oxygen atoms in total. The van der Waals surface area contributed by atoms with Crippen LogP contribution in [0.1, 0.15) is 20.8 Å². The monoisotopic (exact) mass is 157 g/mol. The number of hydrogen-bond acceptors (Lipinski definition) is 4. The zero-order valence-electron chi connectivity index (χ0n) is 6.38. The molecule has 0 aliphatic carbocycles. The smallest absolute Gasteiger partial charge is 0.202 e. The summed E-state index contributed by atoms with van der Waals surface area (Å²) in [6.45, 7) is 6.28. The Labute approximate surface area is 64.7 Å². The van der Waals surface area contributed by atoms with Crippen LogP contribution in [0.5, 0.6) is 0 Å². The molecule has 0 aliphatic heterocycles. The van der Waals surface area contributed by atoms with Gasteiger partial charge in [0.1, 0.15) is 6.33 Å². The first-order valence-corrected chi connectivity index (χ1v) is 3.90. The van der Waals surface area contributed by atoms with Gasteiger partial charge in [-0.15, -0.1) is 0 Å². The van der Waals surface area contributed by atoms with E-state index in [2.05, 4.69) is 35.4 Å². The number of nitrogens with one attached hydrogen (secondary N) is 1. The van der Waals surface area contributed by atoms with Gasteiger partial charge in [-0.1, -0.05) is 0 Å². The normalized spacial score (nSPS) is 11.5. The quantitative estimate of drug-likeness (QED) is 0.675. The predicted octanol–water partition coefficient (Wildman–Crippen LogP) is 1.75. The van der Waals surface area contributed by atoms with Gasteiger partial charge in [-0.25, -0.2) is 4.98 Å². The van der Waals surface area contributed by atoms with Gasteiger partial charge in [-0.3, -0.25) is 0 Å². The largest absolute Gasteiger partial charge is 0.356 e. The molecule has 1 aromatic heterocycles. The SMILES string of the molecule is CC(C)(C)Nc1ncns1. The van der Waals surface area contributed by atoms with Crippen LogP contribution in [0.15, 0.2) is 6.33 Å². The highest BCUT2D eigenvalue weighted by Crippen LogP contribution is 2.13. The van der Waals surface area contributed by atoms with Crippen LogP contribution in [0.3, 0.4) is 0 Å². The minimum absolute atomic E-state index is 0.0829. The van der Waals surface area contributed by atoms with Gasteiger partial charge in [-0.05, 0) is 20.8 Å². The number of rotatable bonds is 1. The Hall–Kier alpha value is -0.640. The average molecular weight is 157 g/mol. The second kappa shape index (κ2) is 2.54. The van der Waals surface area contributed by atoms with E-state index in [0.717, 1.165) is 5.13 Å². The van der Waals surface area contributed by atoms with Crippen LogP contribution in [0.25, 0.3) is 0 Å². The molecule has 0 amide bonds. The molecule has 0 radical (unpaired) electrons. The molecule has 0 saturated heterocycles. The van der Waals surface area contributed by atoms with Crippen LogP contribution in [-0.4, -0.2) is 14.9 Å². The molecular formula is C6H11N3S. The van der Waals surface area contributed by atoms with E-state index in [0.29, 0.717) is 0 Å². The van der Waals surface area contributed by atoms with Gasteiger partial charge in [0, 0.05) is 17.1 Å². The summed E-state index contributed by atoms with van der Waals surface area (Å²) in [7, 11) is 0. The summed E-state index contributed by atoms with van der Waals surface area (Å²) in [6.07, 6.45) is 1.55. The molecule has 0 unspecified atom stereocenters. The Bertz CT molecular complexity index is 187. The minimum atomic E-state index is 0.0829. The third kappa shape index (κ3) is 2.31. The molecule has 0 bridgehead atoms. The van der Waals surface area contributed by atoms with E-state index >= 15 is 0 Å². The topological polar surface area (TPSA) is 37.8 Å². The van der Waals surface area contributed by atoms with Crippen LogP contribution in [0, 0.1) is 0 Å². The molecule has 4 heteroatoms. The van der Waals surface area contributed by atoms with Crippen molar-refractivity contribution in [3.05, 3.63) is 6.33 Å². The average Bonchev–Trinajstić information content (AvgIpc) is 2.12. The second-order valence-electron chi connectivity index (χ2n) is 3.12. The van der Waals surface area contributed by atoms with Crippen molar-refractivity contribution in [3.8, 4) is 0 Å². The first-order valence-electron chi connectivity index (χ1n) is 3.13. The molecule has 0 atom stereocenters. The van der Waals surface area contributed by atoms with Crippen molar-refractivity contribution >= 4 is 16.7 Å². The molecule has 1 heterocycles. The standard InChI is InChI=1S/C6H11N3S/c1-6(2,3)9-5-7-4-8-10-5/h4H,1-3H3,(H,7,8,9). The fourth-order valence-electron chi connectivity index (χ4n) is 0.549. The summed E-state index contributed by atoms with van der Waals surface area (Å²) in [6, 6.07) is 0. The fourth-order valence-corrected chi connectivity index (χ4v) is 1.19. The number of hydrogen-bond donors (Lipinski definition) is 1. The second-order valence-corrected chi connectivity index (χ2v) is 3.90. The van der Waals surface area contributed by atoms with E-state index in [9.17, 15) is 0 Å². The van der Waals surface area contributed by atoms with Gasteiger partial charge < -0.3 is 5.32 Å². The van der Waals surface area contributed by atoms with Crippen molar-refractivity contribution in [2.75, 3.05) is 5.32 Å². The van der Waals surface area contributed by atoms with Crippen molar-refractivity contribution < 1.29 is 0 Å². The molecule has 1 N–H and O–H groups in total. The number of aromatic nitrogens is 2. The van der Waals surface area contributed by atoms with Gasteiger partial charge in [0.25, 0.3) is 0 Å². The highest BCUT2D eigenvalue weighted by molar-refractivity contribution is 7.09. The van der Waals surface area contributed by atoms with Crippen LogP contribution >= 0.6 is 11.5 Å². The Balaban J connectivity index is 2.57. The van der Waals surface area contributed by atoms with Crippen molar-refractivity contribution in [2.24, 2.45) is 0 Å². The first-order chi connectivity index (χ1) is 4.58. The Morgan fingerprint density at radius 3 is 2.60 bits per heavy atom. The Morgan fingerprint density at radius 1 is 1.50 bits per heavy atom. The number of nitrogens with zero attached hydrogens (tertiary/aromatic N) is 2. The molecule has 0 aliphatic rings. The molecule has 56 valence electrons. The van der Waals surface area contributed by atoms with Crippen LogP contribution in [0.4, 0.5) is 5.13 Å². The van der Waals surface area contributed by atoms with Gasteiger partial charge in [0.2, 0.25) is 5.13 Å². The maximum atomic E-state index is 4.00. The Kier molecular flexibility index (Phi) is 1.89. The van der Waals surface area contributed by atoms with Gasteiger partial charge in [0.05, 0.1) is 0 Å². The lowest BCUT2D eigenvalue weighted by atomic mass is 10.1. The van der Waals surface area contributed by atoms with E-state index in [1.165, 1.54) is 11.5 Å². The van der Waals surface area contributed by atoms with E-state index < -0.39 is 0 Å². The van der Waals surface area contributed by atoms with Crippen molar-refractivity contribution in [1.29, 1.82) is 0 Å². The Morgan fingerprint density at radius 2 is 2.20 bits per heavy atom. The van der Waals surface area contributed by atoms with Crippen LogP contribution < -0.4 is 5.32 Å². The molecule has 0 aromatic carbocycles. The van der Waals surface area contributed by atoms with E-state index in [4.69, 9.17) is 0 Å². The highest BCUT2D eigenvalue weighted by atomic mass is 32.1. The third-order valence-corrected chi connectivity index (χ3v) is 1.42. The van der Waals surface area contributed by atoms with E-state index in [1.807, 2.05) is 0 Å². The highest BCUT2D eigenvalue weighted by Gasteiger charge is 2.10. The van der Waals surface area contributed by atoms with Crippen molar-refractivity contribution in [2.45, 2.75) is 26.3 Å². The summed E-state index contributed by atoms with van der Waals surface area (Å²) in [5, 5.41) is 4.09. The lowest BCUT2D eigenvalue weighted by molar-refractivity contribution is 0.633. The van der Waals surface area contributed by atoms with Crippen LogP contribution in [-0.2, 0) is 0 Å². The fraction of sp³-hybridized carbons (Fsp3) is 0.667. The van der Waals surface area contributed by atoms with Gasteiger partial charge in [0.15, 0.2) is 0 Å². The molecule has 1 aromatic rings.